The highest BCUT2D eigenvalue weighted by Crippen LogP contribution is 2.22. The molecule has 1 heterocycles. The van der Waals surface area contributed by atoms with Gasteiger partial charge in [0, 0.05) is 20.3 Å². The Morgan fingerprint density at radius 2 is 2.26 bits per heavy atom. The van der Waals surface area contributed by atoms with Gasteiger partial charge >= 0.3 is 5.97 Å². The largest absolute Gasteiger partial charge is 0.461 e. The lowest BCUT2D eigenvalue weighted by atomic mass is 10.3. The lowest BCUT2D eigenvalue weighted by molar-refractivity contribution is 0.0519. The van der Waals surface area contributed by atoms with Gasteiger partial charge in [-0.25, -0.2) is 9.78 Å². The van der Waals surface area contributed by atoms with E-state index in [1.54, 1.807) is 14.0 Å². The summed E-state index contributed by atoms with van der Waals surface area (Å²) in [5, 5.41) is 5.80. The fraction of sp³-hybridized carbons (Fsp3) is 0.500. The Bertz CT molecular complexity index is 437. The van der Waals surface area contributed by atoms with E-state index in [-0.39, 0.29) is 23.8 Å². The number of esters is 1. The van der Waals surface area contributed by atoms with Crippen LogP contribution in [0.3, 0.4) is 0 Å². The molecule has 0 aromatic carbocycles. The Kier molecular flexibility index (Phi) is 6.45. The van der Waals surface area contributed by atoms with Gasteiger partial charge in [-0.1, -0.05) is 0 Å². The van der Waals surface area contributed by atoms with Crippen molar-refractivity contribution in [1.29, 1.82) is 0 Å². The molecule has 19 heavy (non-hydrogen) atoms. The number of carbonyl (C=O) groups excluding carboxylic acids is 1. The van der Waals surface area contributed by atoms with Crippen LogP contribution in [0.5, 0.6) is 0 Å². The molecule has 1 aromatic heterocycles. The number of anilines is 1. The van der Waals surface area contributed by atoms with Gasteiger partial charge in [0.05, 0.1) is 6.61 Å². The highest BCUT2D eigenvalue weighted by atomic mass is 16.5. The van der Waals surface area contributed by atoms with Crippen molar-refractivity contribution >= 4 is 17.5 Å². The van der Waals surface area contributed by atoms with Gasteiger partial charge in [0.25, 0.3) is 0 Å². The number of rotatable bonds is 8. The third kappa shape index (κ3) is 4.63. The van der Waals surface area contributed by atoms with Crippen LogP contribution in [0.25, 0.3) is 0 Å². The van der Waals surface area contributed by atoms with Crippen LogP contribution in [0.4, 0.5) is 11.5 Å². The van der Waals surface area contributed by atoms with E-state index < -0.39 is 5.97 Å². The molecule has 0 aliphatic rings. The molecule has 0 aliphatic carbocycles. The number of nitroso groups, excluding NO2 is 1. The highest BCUT2D eigenvalue weighted by molar-refractivity contribution is 5.88. The van der Waals surface area contributed by atoms with Crippen LogP contribution >= 0.6 is 0 Å². The quantitative estimate of drug-likeness (QED) is 0.440. The molecule has 7 heteroatoms. The predicted octanol–water partition coefficient (Wildman–Crippen LogP) is 2.10. The lowest BCUT2D eigenvalue weighted by Gasteiger charge is -2.08. The number of nitrogens with one attached hydrogen (secondary N) is 1. The average Bonchev–Trinajstić information content (AvgIpc) is 2.43. The SMILES string of the molecule is CCOC(=O)c1ccc(N=O)c(NCCCOC)n1. The van der Waals surface area contributed by atoms with E-state index >= 15 is 0 Å². The molecule has 0 radical (unpaired) electrons. The molecular weight excluding hydrogens is 250 g/mol. The normalized spacial score (nSPS) is 10.0. The first-order valence-corrected chi connectivity index (χ1v) is 5.97. The van der Waals surface area contributed by atoms with Gasteiger partial charge in [-0.2, -0.15) is 0 Å². The molecular formula is C12H17N3O4. The number of carbonyl (C=O) groups is 1. The van der Waals surface area contributed by atoms with Crippen molar-refractivity contribution in [1.82, 2.24) is 4.98 Å². The summed E-state index contributed by atoms with van der Waals surface area (Å²) in [5.74, 6) is -0.253. The maximum absolute atomic E-state index is 11.5. The topological polar surface area (TPSA) is 89.9 Å². The van der Waals surface area contributed by atoms with Crippen molar-refractivity contribution in [3.05, 3.63) is 22.7 Å². The minimum Gasteiger partial charge on any atom is -0.461 e. The summed E-state index contributed by atoms with van der Waals surface area (Å²) < 4.78 is 9.75. The molecule has 0 fully saturated rings. The molecule has 7 nitrogen and oxygen atoms in total. The van der Waals surface area contributed by atoms with E-state index in [4.69, 9.17) is 9.47 Å². The maximum atomic E-state index is 11.5. The molecule has 104 valence electrons. The van der Waals surface area contributed by atoms with Crippen molar-refractivity contribution in [3.63, 3.8) is 0 Å². The summed E-state index contributed by atoms with van der Waals surface area (Å²) in [4.78, 5) is 26.2. The molecule has 0 spiro atoms. The van der Waals surface area contributed by atoms with Gasteiger partial charge in [0.15, 0.2) is 11.5 Å². The molecule has 0 bridgehead atoms. The Balaban J connectivity index is 2.77. The Morgan fingerprint density at radius 1 is 1.47 bits per heavy atom. The average molecular weight is 267 g/mol. The van der Waals surface area contributed by atoms with Crippen LogP contribution in [0.15, 0.2) is 17.3 Å². The first-order chi connectivity index (χ1) is 9.22. The Morgan fingerprint density at radius 3 is 2.89 bits per heavy atom. The number of aromatic nitrogens is 1. The molecule has 0 amide bonds. The summed E-state index contributed by atoms with van der Waals surface area (Å²) in [6.07, 6.45) is 0.750. The molecule has 1 N–H and O–H groups in total. The van der Waals surface area contributed by atoms with Crippen LogP contribution in [0.2, 0.25) is 0 Å². The zero-order chi connectivity index (χ0) is 14.1. The van der Waals surface area contributed by atoms with E-state index in [0.29, 0.717) is 13.2 Å². The fourth-order valence-corrected chi connectivity index (χ4v) is 1.40. The monoisotopic (exact) mass is 267 g/mol. The molecule has 1 aromatic rings. The number of nitrogens with zero attached hydrogens (tertiary/aromatic N) is 2. The minimum absolute atomic E-state index is 0.142. The summed E-state index contributed by atoms with van der Waals surface area (Å²) in [6, 6.07) is 2.85. The van der Waals surface area contributed by atoms with Gasteiger partial charge in [-0.05, 0) is 30.7 Å². The second-order valence-corrected chi connectivity index (χ2v) is 3.65. The van der Waals surface area contributed by atoms with Crippen molar-refractivity contribution in [2.24, 2.45) is 5.18 Å². The van der Waals surface area contributed by atoms with Crippen LogP contribution in [-0.2, 0) is 9.47 Å². The first kappa shape index (κ1) is 15.0. The number of hydrogen-bond acceptors (Lipinski definition) is 7. The van der Waals surface area contributed by atoms with E-state index in [2.05, 4.69) is 15.5 Å². The lowest BCUT2D eigenvalue weighted by Crippen LogP contribution is -2.11. The zero-order valence-corrected chi connectivity index (χ0v) is 11.0. The smallest absolute Gasteiger partial charge is 0.357 e. The van der Waals surface area contributed by atoms with Crippen molar-refractivity contribution in [2.45, 2.75) is 13.3 Å². The van der Waals surface area contributed by atoms with Gasteiger partial charge < -0.3 is 14.8 Å². The standard InChI is InChI=1S/C12H17N3O4/c1-3-19-12(16)10-6-5-9(15-17)11(14-10)13-7-4-8-18-2/h5-6H,3-4,7-8H2,1-2H3,(H,13,14). The summed E-state index contributed by atoms with van der Waals surface area (Å²) >= 11 is 0. The maximum Gasteiger partial charge on any atom is 0.357 e. The Labute approximate surface area is 111 Å². The first-order valence-electron chi connectivity index (χ1n) is 5.97. The molecule has 0 saturated carbocycles. The molecule has 0 aliphatic heterocycles. The third-order valence-electron chi connectivity index (χ3n) is 2.27. The van der Waals surface area contributed by atoms with Gasteiger partial charge in [0.1, 0.15) is 5.69 Å². The van der Waals surface area contributed by atoms with E-state index in [1.165, 1.54) is 12.1 Å². The Hall–Kier alpha value is -2.02. The van der Waals surface area contributed by atoms with Gasteiger partial charge in [-0.3, -0.25) is 0 Å². The van der Waals surface area contributed by atoms with Crippen LogP contribution in [0.1, 0.15) is 23.8 Å². The zero-order valence-electron chi connectivity index (χ0n) is 11.0. The third-order valence-corrected chi connectivity index (χ3v) is 2.27. The predicted molar refractivity (Wildman–Crippen MR) is 70.6 cm³/mol. The van der Waals surface area contributed by atoms with Gasteiger partial charge in [-0.15, -0.1) is 4.91 Å². The molecule has 0 unspecified atom stereocenters. The van der Waals surface area contributed by atoms with Crippen molar-refractivity contribution < 1.29 is 14.3 Å². The fourth-order valence-electron chi connectivity index (χ4n) is 1.40. The van der Waals surface area contributed by atoms with Crippen LogP contribution < -0.4 is 5.32 Å². The second-order valence-electron chi connectivity index (χ2n) is 3.65. The number of ether oxygens (including phenoxy) is 2. The molecule has 0 atom stereocenters. The van der Waals surface area contributed by atoms with Crippen LogP contribution in [-0.4, -0.2) is 37.8 Å². The number of pyridine rings is 1. The van der Waals surface area contributed by atoms with E-state index in [0.717, 1.165) is 6.42 Å². The van der Waals surface area contributed by atoms with Crippen molar-refractivity contribution in [3.8, 4) is 0 Å². The summed E-state index contributed by atoms with van der Waals surface area (Å²) in [7, 11) is 1.61. The number of methoxy groups -OCH3 is 1. The highest BCUT2D eigenvalue weighted by Gasteiger charge is 2.12. The van der Waals surface area contributed by atoms with Crippen molar-refractivity contribution in [2.75, 3.05) is 32.2 Å². The molecule has 0 saturated heterocycles. The minimum atomic E-state index is -0.528. The van der Waals surface area contributed by atoms with E-state index in [9.17, 15) is 9.70 Å². The van der Waals surface area contributed by atoms with Crippen LogP contribution in [0, 0.1) is 4.91 Å². The van der Waals surface area contributed by atoms with Gasteiger partial charge in [0.2, 0.25) is 0 Å². The van der Waals surface area contributed by atoms with E-state index in [1.807, 2.05) is 0 Å². The summed E-state index contributed by atoms with van der Waals surface area (Å²) in [5.41, 5.74) is 0.300. The second kappa shape index (κ2) is 8.15. The molecule has 1 rings (SSSR count). The number of hydrogen-bond donors (Lipinski definition) is 1. The summed E-state index contributed by atoms with van der Waals surface area (Å²) in [6.45, 7) is 3.14.